The molecule has 2 atom stereocenters. The first-order valence-electron chi connectivity index (χ1n) is 6.08. The molecule has 0 aliphatic rings. The molecule has 5 nitrogen and oxygen atoms in total. The summed E-state index contributed by atoms with van der Waals surface area (Å²) >= 11 is 0. The van der Waals surface area contributed by atoms with Gasteiger partial charge in [0, 0.05) is 25.1 Å². The molecule has 2 unspecified atom stereocenters. The Morgan fingerprint density at radius 3 is 2.63 bits per heavy atom. The highest BCUT2D eigenvalue weighted by Crippen LogP contribution is 2.20. The van der Waals surface area contributed by atoms with Crippen LogP contribution < -0.4 is 0 Å². The first kappa shape index (κ1) is 14.0. The van der Waals surface area contributed by atoms with Gasteiger partial charge in [-0.15, -0.1) is 0 Å². The smallest absolute Gasteiger partial charge is 0.152 e. The maximum Gasteiger partial charge on any atom is 0.152 e. The summed E-state index contributed by atoms with van der Waals surface area (Å²) in [4.78, 5) is 0. The van der Waals surface area contributed by atoms with Crippen molar-refractivity contribution < 1.29 is 13.5 Å². The van der Waals surface area contributed by atoms with Crippen molar-refractivity contribution in [1.82, 2.24) is 9.78 Å². The van der Waals surface area contributed by atoms with Crippen molar-refractivity contribution in [3.63, 3.8) is 0 Å². The molecule has 2 aromatic rings. The third-order valence-electron chi connectivity index (χ3n) is 3.45. The Morgan fingerprint density at radius 1 is 1.37 bits per heavy atom. The molecule has 0 amide bonds. The van der Waals surface area contributed by atoms with E-state index in [1.807, 2.05) is 31.3 Å². The van der Waals surface area contributed by atoms with Gasteiger partial charge in [0.25, 0.3) is 0 Å². The van der Waals surface area contributed by atoms with Crippen molar-refractivity contribution in [3.05, 3.63) is 30.0 Å². The van der Waals surface area contributed by atoms with Crippen molar-refractivity contribution in [2.45, 2.75) is 24.7 Å². The Kier molecular flexibility index (Phi) is 3.64. The van der Waals surface area contributed by atoms with E-state index in [0.29, 0.717) is 0 Å². The zero-order valence-corrected chi connectivity index (χ0v) is 12.1. The Labute approximate surface area is 112 Å². The van der Waals surface area contributed by atoms with Crippen molar-refractivity contribution in [2.24, 2.45) is 7.05 Å². The number of sulfone groups is 1. The van der Waals surface area contributed by atoms with Gasteiger partial charge in [0.2, 0.25) is 0 Å². The van der Waals surface area contributed by atoms with Gasteiger partial charge in [-0.1, -0.05) is 18.2 Å². The molecular formula is C13H18N2O3S. The minimum absolute atomic E-state index is 0.232. The highest BCUT2D eigenvalue weighted by atomic mass is 32.2. The van der Waals surface area contributed by atoms with Crippen molar-refractivity contribution in [1.29, 1.82) is 0 Å². The van der Waals surface area contributed by atoms with Crippen LogP contribution in [0.2, 0.25) is 0 Å². The standard InChI is InChI=1S/C13H18N2O3S/c1-9(19(3,17)18)13(16)8-11-10-6-4-5-7-12(10)15(2)14-11/h4-7,9,13,16H,8H2,1-3H3. The van der Waals surface area contributed by atoms with Gasteiger partial charge in [-0.3, -0.25) is 4.68 Å². The second kappa shape index (κ2) is 4.94. The lowest BCUT2D eigenvalue weighted by Crippen LogP contribution is -2.32. The number of aromatic nitrogens is 2. The van der Waals surface area contributed by atoms with Crippen LogP contribution in [0, 0.1) is 0 Å². The number of rotatable bonds is 4. The average Bonchev–Trinajstić information content (AvgIpc) is 2.65. The molecule has 0 saturated heterocycles. The molecule has 104 valence electrons. The number of hydrogen-bond donors (Lipinski definition) is 1. The van der Waals surface area contributed by atoms with E-state index in [9.17, 15) is 13.5 Å². The van der Waals surface area contributed by atoms with Crippen LogP contribution in [0.25, 0.3) is 10.9 Å². The number of benzene rings is 1. The molecule has 1 aromatic carbocycles. The molecule has 1 heterocycles. The molecule has 0 saturated carbocycles. The number of fused-ring (bicyclic) bond motifs is 1. The molecule has 0 spiro atoms. The first-order valence-corrected chi connectivity index (χ1v) is 8.03. The summed E-state index contributed by atoms with van der Waals surface area (Å²) in [5.41, 5.74) is 1.69. The molecule has 2 rings (SSSR count). The lowest BCUT2D eigenvalue weighted by Gasteiger charge is -2.16. The zero-order valence-electron chi connectivity index (χ0n) is 11.2. The van der Waals surface area contributed by atoms with E-state index in [1.165, 1.54) is 6.92 Å². The summed E-state index contributed by atoms with van der Waals surface area (Å²) in [7, 11) is -1.42. The minimum Gasteiger partial charge on any atom is -0.391 e. The predicted octanol–water partition coefficient (Wildman–Crippen LogP) is 0.910. The van der Waals surface area contributed by atoms with Crippen LogP contribution in [0.4, 0.5) is 0 Å². The normalized spacial score (nSPS) is 15.6. The number of aryl methyl sites for hydroxylation is 1. The van der Waals surface area contributed by atoms with Crippen LogP contribution in [0.15, 0.2) is 24.3 Å². The molecule has 0 radical (unpaired) electrons. The van der Waals surface area contributed by atoms with E-state index >= 15 is 0 Å². The van der Waals surface area contributed by atoms with Crippen molar-refractivity contribution in [2.75, 3.05) is 6.26 Å². The third-order valence-corrected chi connectivity index (χ3v) is 5.12. The van der Waals surface area contributed by atoms with E-state index in [4.69, 9.17) is 0 Å². The monoisotopic (exact) mass is 282 g/mol. The summed E-state index contributed by atoms with van der Waals surface area (Å²) in [5.74, 6) is 0. The molecule has 1 N–H and O–H groups in total. The van der Waals surface area contributed by atoms with Gasteiger partial charge in [-0.05, 0) is 13.0 Å². The quantitative estimate of drug-likeness (QED) is 0.904. The number of aliphatic hydroxyl groups excluding tert-OH is 1. The van der Waals surface area contributed by atoms with Crippen molar-refractivity contribution >= 4 is 20.7 Å². The highest BCUT2D eigenvalue weighted by molar-refractivity contribution is 7.91. The van der Waals surface area contributed by atoms with E-state index in [-0.39, 0.29) is 6.42 Å². The van der Waals surface area contributed by atoms with E-state index in [0.717, 1.165) is 22.9 Å². The summed E-state index contributed by atoms with van der Waals surface area (Å²) in [6.45, 7) is 1.52. The molecule has 1 aromatic heterocycles. The van der Waals surface area contributed by atoms with Crippen LogP contribution in [0.5, 0.6) is 0 Å². The molecule has 19 heavy (non-hydrogen) atoms. The topological polar surface area (TPSA) is 72.2 Å². The van der Waals surface area contributed by atoms with Crippen LogP contribution in [0.3, 0.4) is 0 Å². The van der Waals surface area contributed by atoms with Gasteiger partial charge in [0.1, 0.15) is 0 Å². The molecule has 0 bridgehead atoms. The summed E-state index contributed by atoms with van der Waals surface area (Å²) in [6.07, 6.45) is 0.417. The average molecular weight is 282 g/mol. The predicted molar refractivity (Wildman–Crippen MR) is 74.7 cm³/mol. The van der Waals surface area contributed by atoms with E-state index in [2.05, 4.69) is 5.10 Å². The Hall–Kier alpha value is -1.40. The number of para-hydroxylation sites is 1. The van der Waals surface area contributed by atoms with Crippen molar-refractivity contribution in [3.8, 4) is 0 Å². The number of nitrogens with zero attached hydrogens (tertiary/aromatic N) is 2. The van der Waals surface area contributed by atoms with Gasteiger partial charge in [0.05, 0.1) is 22.6 Å². The number of aliphatic hydroxyl groups is 1. The molecular weight excluding hydrogens is 264 g/mol. The lowest BCUT2D eigenvalue weighted by atomic mass is 10.1. The second-order valence-corrected chi connectivity index (χ2v) is 7.30. The second-order valence-electron chi connectivity index (χ2n) is 4.89. The maximum absolute atomic E-state index is 11.4. The Morgan fingerprint density at radius 2 is 2.00 bits per heavy atom. The van der Waals surface area contributed by atoms with Crippen LogP contribution in [-0.2, 0) is 23.3 Å². The zero-order chi connectivity index (χ0) is 14.2. The molecule has 0 aliphatic heterocycles. The van der Waals surface area contributed by atoms with E-state index in [1.54, 1.807) is 4.68 Å². The van der Waals surface area contributed by atoms with Crippen LogP contribution in [-0.4, -0.2) is 40.9 Å². The third kappa shape index (κ3) is 2.79. The molecule has 0 aliphatic carbocycles. The largest absolute Gasteiger partial charge is 0.391 e. The van der Waals surface area contributed by atoms with Gasteiger partial charge in [-0.25, -0.2) is 8.42 Å². The van der Waals surface area contributed by atoms with Gasteiger partial charge in [0.15, 0.2) is 9.84 Å². The fourth-order valence-electron chi connectivity index (χ4n) is 2.09. The minimum atomic E-state index is -3.25. The highest BCUT2D eigenvalue weighted by Gasteiger charge is 2.25. The fraction of sp³-hybridized carbons (Fsp3) is 0.462. The Bertz CT molecular complexity index is 691. The number of hydrogen-bond acceptors (Lipinski definition) is 4. The van der Waals surface area contributed by atoms with Gasteiger partial charge < -0.3 is 5.11 Å². The summed E-state index contributed by atoms with van der Waals surface area (Å²) < 4.78 is 24.6. The molecule has 6 heteroatoms. The van der Waals surface area contributed by atoms with Crippen LogP contribution >= 0.6 is 0 Å². The van der Waals surface area contributed by atoms with Crippen LogP contribution in [0.1, 0.15) is 12.6 Å². The maximum atomic E-state index is 11.4. The van der Waals surface area contributed by atoms with E-state index < -0.39 is 21.2 Å². The van der Waals surface area contributed by atoms with Gasteiger partial charge in [-0.2, -0.15) is 5.10 Å². The van der Waals surface area contributed by atoms with Gasteiger partial charge >= 0.3 is 0 Å². The summed E-state index contributed by atoms with van der Waals surface area (Å²) in [5, 5.41) is 14.6. The SMILES string of the molecule is CC(C(O)Cc1nn(C)c2ccccc12)S(C)(=O)=O. The lowest BCUT2D eigenvalue weighted by molar-refractivity contribution is 0.172. The molecule has 0 fully saturated rings. The Balaban J connectivity index is 2.32. The fourth-order valence-corrected chi connectivity index (χ4v) is 2.76. The first-order chi connectivity index (χ1) is 8.80. The summed E-state index contributed by atoms with van der Waals surface area (Å²) in [6, 6.07) is 7.69.